The molecule has 0 amide bonds. The van der Waals surface area contributed by atoms with Gasteiger partial charge in [0.25, 0.3) is 5.89 Å². The molecule has 1 aromatic heterocycles. The lowest BCUT2D eigenvalue weighted by molar-refractivity contribution is 0.109. The van der Waals surface area contributed by atoms with Gasteiger partial charge in [0, 0.05) is 13.0 Å². The maximum Gasteiger partial charge on any atom is 0.252 e. The largest absolute Gasteiger partial charge is 0.372 e. The van der Waals surface area contributed by atoms with Gasteiger partial charge in [-0.15, -0.1) is 0 Å². The molecule has 0 bridgehead atoms. The van der Waals surface area contributed by atoms with Gasteiger partial charge >= 0.3 is 0 Å². The highest BCUT2D eigenvalue weighted by Crippen LogP contribution is 2.01. The fourth-order valence-electron chi connectivity index (χ4n) is 0.900. The molecule has 0 spiro atoms. The van der Waals surface area contributed by atoms with Crippen molar-refractivity contribution in [3.05, 3.63) is 11.7 Å². The van der Waals surface area contributed by atoms with Crippen LogP contribution in [-0.2, 0) is 17.8 Å². The van der Waals surface area contributed by atoms with Crippen LogP contribution in [0.4, 0.5) is 0 Å². The third kappa shape index (κ3) is 3.52. The van der Waals surface area contributed by atoms with Gasteiger partial charge in [0.1, 0.15) is 6.61 Å². The number of rotatable bonds is 6. The minimum atomic E-state index is 0.395. The number of hydrogen-bond acceptors (Lipinski definition) is 5. The summed E-state index contributed by atoms with van der Waals surface area (Å²) in [4.78, 5) is 4.13. The number of aromatic nitrogens is 2. The van der Waals surface area contributed by atoms with Crippen molar-refractivity contribution in [2.45, 2.75) is 26.4 Å². The lowest BCUT2D eigenvalue weighted by Gasteiger charge is -1.92. The summed E-state index contributed by atoms with van der Waals surface area (Å²) in [5, 5.41) is 3.78. The maximum atomic E-state index is 5.35. The Morgan fingerprint density at radius 3 is 3.08 bits per heavy atom. The molecule has 74 valence electrons. The van der Waals surface area contributed by atoms with Gasteiger partial charge in [-0.1, -0.05) is 5.16 Å². The SMILES string of the molecule is CCOCc1nc(CCCN)no1. The molecule has 1 heterocycles. The molecule has 0 saturated carbocycles. The van der Waals surface area contributed by atoms with Crippen LogP contribution in [0.5, 0.6) is 0 Å². The van der Waals surface area contributed by atoms with Gasteiger partial charge in [0.15, 0.2) is 5.82 Å². The zero-order valence-corrected chi connectivity index (χ0v) is 7.82. The van der Waals surface area contributed by atoms with Crippen molar-refractivity contribution in [1.29, 1.82) is 0 Å². The van der Waals surface area contributed by atoms with E-state index in [1.54, 1.807) is 0 Å². The predicted octanol–water partition coefficient (Wildman–Crippen LogP) is 0.497. The Morgan fingerprint density at radius 1 is 1.54 bits per heavy atom. The fourth-order valence-corrected chi connectivity index (χ4v) is 0.900. The van der Waals surface area contributed by atoms with Gasteiger partial charge in [-0.25, -0.2) is 0 Å². The van der Waals surface area contributed by atoms with Gasteiger partial charge < -0.3 is 15.0 Å². The average Bonchev–Trinajstić information content (AvgIpc) is 2.59. The van der Waals surface area contributed by atoms with Crippen LogP contribution in [0.1, 0.15) is 25.1 Å². The number of ether oxygens (including phenoxy) is 1. The zero-order valence-electron chi connectivity index (χ0n) is 7.82. The molecule has 13 heavy (non-hydrogen) atoms. The van der Waals surface area contributed by atoms with E-state index in [2.05, 4.69) is 10.1 Å². The van der Waals surface area contributed by atoms with Crippen LogP contribution in [0.3, 0.4) is 0 Å². The highest BCUT2D eigenvalue weighted by Gasteiger charge is 2.04. The molecule has 0 aliphatic carbocycles. The predicted molar refractivity (Wildman–Crippen MR) is 47.0 cm³/mol. The number of aryl methyl sites for hydroxylation is 1. The molecule has 2 N–H and O–H groups in total. The fraction of sp³-hybridized carbons (Fsp3) is 0.750. The zero-order chi connectivity index (χ0) is 9.52. The van der Waals surface area contributed by atoms with E-state index >= 15 is 0 Å². The average molecular weight is 185 g/mol. The number of nitrogens with two attached hydrogens (primary N) is 1. The van der Waals surface area contributed by atoms with Gasteiger partial charge in [-0.2, -0.15) is 4.98 Å². The highest BCUT2D eigenvalue weighted by molar-refractivity contribution is 4.84. The van der Waals surface area contributed by atoms with Crippen LogP contribution >= 0.6 is 0 Å². The Balaban J connectivity index is 2.34. The quantitative estimate of drug-likeness (QED) is 0.698. The second-order valence-electron chi connectivity index (χ2n) is 2.63. The van der Waals surface area contributed by atoms with Gasteiger partial charge in [-0.3, -0.25) is 0 Å². The molecule has 1 aromatic rings. The summed E-state index contributed by atoms with van der Waals surface area (Å²) in [6.07, 6.45) is 1.65. The van der Waals surface area contributed by atoms with E-state index in [1.807, 2.05) is 6.92 Å². The van der Waals surface area contributed by atoms with E-state index in [-0.39, 0.29) is 0 Å². The van der Waals surface area contributed by atoms with Crippen LogP contribution in [0.2, 0.25) is 0 Å². The van der Waals surface area contributed by atoms with Crippen LogP contribution in [-0.4, -0.2) is 23.3 Å². The normalized spacial score (nSPS) is 10.6. The van der Waals surface area contributed by atoms with Gasteiger partial charge in [-0.05, 0) is 19.9 Å². The summed E-state index contributed by atoms with van der Waals surface area (Å²) in [6, 6.07) is 0. The molecule has 0 radical (unpaired) electrons. The topological polar surface area (TPSA) is 74.2 Å². The van der Waals surface area contributed by atoms with E-state index in [4.69, 9.17) is 15.0 Å². The van der Waals surface area contributed by atoms with Crippen LogP contribution in [0, 0.1) is 0 Å². The van der Waals surface area contributed by atoms with Crippen molar-refractivity contribution in [3.8, 4) is 0 Å². The van der Waals surface area contributed by atoms with E-state index in [9.17, 15) is 0 Å². The minimum Gasteiger partial charge on any atom is -0.372 e. The lowest BCUT2D eigenvalue weighted by Crippen LogP contribution is -2.01. The number of hydrogen-bond donors (Lipinski definition) is 1. The van der Waals surface area contributed by atoms with Crippen molar-refractivity contribution < 1.29 is 9.26 Å². The summed E-state index contributed by atoms with van der Waals surface area (Å²) in [6.45, 7) is 3.62. The smallest absolute Gasteiger partial charge is 0.252 e. The molecule has 1 rings (SSSR count). The van der Waals surface area contributed by atoms with Crippen LogP contribution < -0.4 is 5.73 Å². The van der Waals surface area contributed by atoms with Crippen LogP contribution in [0.15, 0.2) is 4.52 Å². The molecule has 0 saturated heterocycles. The standard InChI is InChI=1S/C8H15N3O2/c1-2-12-6-8-10-7(11-13-8)4-3-5-9/h2-6,9H2,1H3. The second kappa shape index (κ2) is 5.66. The molecule has 0 aliphatic heterocycles. The first-order valence-corrected chi connectivity index (χ1v) is 4.46. The molecule has 5 nitrogen and oxygen atoms in total. The molecular formula is C8H15N3O2. The van der Waals surface area contributed by atoms with Gasteiger partial charge in [0.2, 0.25) is 0 Å². The summed E-state index contributed by atoms with van der Waals surface area (Å²) in [5.74, 6) is 1.24. The van der Waals surface area contributed by atoms with Crippen molar-refractivity contribution in [1.82, 2.24) is 10.1 Å². The Morgan fingerprint density at radius 2 is 2.38 bits per heavy atom. The van der Waals surface area contributed by atoms with E-state index in [0.717, 1.165) is 12.8 Å². The molecule has 0 aliphatic rings. The monoisotopic (exact) mass is 185 g/mol. The Bertz CT molecular complexity index is 215. The van der Waals surface area contributed by atoms with Crippen LogP contribution in [0.25, 0.3) is 0 Å². The van der Waals surface area contributed by atoms with E-state index in [0.29, 0.717) is 31.5 Å². The van der Waals surface area contributed by atoms with E-state index in [1.165, 1.54) is 0 Å². The maximum absolute atomic E-state index is 5.35. The van der Waals surface area contributed by atoms with Crippen molar-refractivity contribution in [2.75, 3.05) is 13.2 Å². The number of nitrogens with zero attached hydrogens (tertiary/aromatic N) is 2. The first-order chi connectivity index (χ1) is 6.36. The summed E-state index contributed by atoms with van der Waals surface area (Å²) >= 11 is 0. The van der Waals surface area contributed by atoms with Crippen molar-refractivity contribution in [2.24, 2.45) is 5.73 Å². The Hall–Kier alpha value is -0.940. The summed E-state index contributed by atoms with van der Waals surface area (Å²) in [7, 11) is 0. The third-order valence-corrected chi connectivity index (χ3v) is 1.54. The molecule has 0 unspecified atom stereocenters. The van der Waals surface area contributed by atoms with E-state index < -0.39 is 0 Å². The molecule has 0 aromatic carbocycles. The Labute approximate surface area is 77.3 Å². The molecule has 5 heteroatoms. The third-order valence-electron chi connectivity index (χ3n) is 1.54. The summed E-state index contributed by atoms with van der Waals surface area (Å²) in [5.41, 5.74) is 5.35. The van der Waals surface area contributed by atoms with Gasteiger partial charge in [0.05, 0.1) is 0 Å². The second-order valence-corrected chi connectivity index (χ2v) is 2.63. The first-order valence-electron chi connectivity index (χ1n) is 4.46. The lowest BCUT2D eigenvalue weighted by atomic mass is 10.3. The molecular weight excluding hydrogens is 170 g/mol. The molecule has 0 fully saturated rings. The van der Waals surface area contributed by atoms with Crippen molar-refractivity contribution >= 4 is 0 Å². The highest BCUT2D eigenvalue weighted by atomic mass is 16.5. The Kier molecular flexibility index (Phi) is 4.42. The first kappa shape index (κ1) is 10.1. The molecule has 0 atom stereocenters. The van der Waals surface area contributed by atoms with Crippen molar-refractivity contribution in [3.63, 3.8) is 0 Å². The minimum absolute atomic E-state index is 0.395. The summed E-state index contributed by atoms with van der Waals surface area (Å²) < 4.78 is 10.1.